The van der Waals surface area contributed by atoms with Crippen molar-refractivity contribution in [3.8, 4) is 0 Å². The largest absolute Gasteiger partial charge is 0.445 e. The summed E-state index contributed by atoms with van der Waals surface area (Å²) in [5, 5.41) is 0.706. The first kappa shape index (κ1) is 21.5. The first-order chi connectivity index (χ1) is 13.3. The molecule has 0 unspecified atom stereocenters. The molecule has 0 bridgehead atoms. The van der Waals surface area contributed by atoms with Gasteiger partial charge in [-0.1, -0.05) is 88.9 Å². The van der Waals surface area contributed by atoms with E-state index >= 15 is 0 Å². The highest BCUT2D eigenvalue weighted by Gasteiger charge is 2.30. The molecule has 0 aliphatic carbocycles. The van der Waals surface area contributed by atoms with Crippen molar-refractivity contribution >= 4 is 52.5 Å². The summed E-state index contributed by atoms with van der Waals surface area (Å²) in [5.74, 6) is 0. The molecule has 1 saturated heterocycles. The fraction of sp³-hybridized carbons (Fsp3) is 0.350. The molecule has 3 rings (SSSR count). The molecule has 0 saturated carbocycles. The molecule has 1 aliphatic heterocycles. The molecule has 0 radical (unpaired) electrons. The highest BCUT2D eigenvalue weighted by molar-refractivity contribution is 6.67. The molecule has 0 N–H and O–H groups in total. The zero-order valence-electron chi connectivity index (χ0n) is 15.0. The van der Waals surface area contributed by atoms with Crippen LogP contribution in [-0.2, 0) is 4.74 Å². The number of nitrogens with zero attached hydrogens (tertiary/aromatic N) is 2. The number of benzene rings is 2. The maximum Gasteiger partial charge on any atom is 0.409 e. The third-order valence-corrected chi connectivity index (χ3v) is 5.18. The van der Waals surface area contributed by atoms with Gasteiger partial charge < -0.3 is 9.64 Å². The van der Waals surface area contributed by atoms with Crippen LogP contribution in [0.25, 0.3) is 0 Å². The van der Waals surface area contributed by atoms with E-state index in [1.54, 1.807) is 4.90 Å². The lowest BCUT2D eigenvalue weighted by atomic mass is 9.96. The minimum Gasteiger partial charge on any atom is -0.445 e. The van der Waals surface area contributed by atoms with Crippen LogP contribution in [0.2, 0.25) is 5.02 Å². The SMILES string of the molecule is O=C(OCC(Cl)(Cl)Cl)N1CCN([C@H](c2ccccc2)c2ccc(Cl)cc2)CC1. The molecule has 1 heterocycles. The zero-order valence-corrected chi connectivity index (χ0v) is 18.1. The van der Waals surface area contributed by atoms with Gasteiger partial charge in [-0.2, -0.15) is 0 Å². The second-order valence-corrected chi connectivity index (χ2v) is 9.51. The van der Waals surface area contributed by atoms with Gasteiger partial charge in [0.25, 0.3) is 0 Å². The van der Waals surface area contributed by atoms with Gasteiger partial charge in [-0.15, -0.1) is 0 Å². The van der Waals surface area contributed by atoms with Gasteiger partial charge in [-0.25, -0.2) is 4.79 Å². The third-order valence-electron chi connectivity index (χ3n) is 4.60. The summed E-state index contributed by atoms with van der Waals surface area (Å²) in [6, 6.07) is 18.3. The fourth-order valence-corrected chi connectivity index (χ4v) is 3.58. The summed E-state index contributed by atoms with van der Waals surface area (Å²) in [4.78, 5) is 16.2. The Balaban J connectivity index is 1.70. The highest BCUT2D eigenvalue weighted by atomic mass is 35.6. The smallest absolute Gasteiger partial charge is 0.409 e. The number of hydrogen-bond donors (Lipinski definition) is 0. The van der Waals surface area contributed by atoms with Gasteiger partial charge in [0.2, 0.25) is 3.79 Å². The van der Waals surface area contributed by atoms with Gasteiger partial charge in [-0.05, 0) is 23.3 Å². The molecular weight excluding hydrogens is 442 g/mol. The topological polar surface area (TPSA) is 32.8 Å². The van der Waals surface area contributed by atoms with Crippen LogP contribution in [0, 0.1) is 0 Å². The monoisotopic (exact) mass is 460 g/mol. The predicted molar refractivity (Wildman–Crippen MR) is 115 cm³/mol. The number of piperazine rings is 1. The number of rotatable bonds is 4. The molecule has 1 amide bonds. The lowest BCUT2D eigenvalue weighted by Gasteiger charge is -2.39. The Kier molecular flexibility index (Phi) is 7.35. The van der Waals surface area contributed by atoms with Crippen molar-refractivity contribution in [1.29, 1.82) is 0 Å². The molecule has 4 nitrogen and oxygen atoms in total. The number of ether oxygens (including phenoxy) is 1. The minimum absolute atomic E-state index is 0.0813. The average Bonchev–Trinajstić information content (AvgIpc) is 2.69. The first-order valence-electron chi connectivity index (χ1n) is 8.86. The van der Waals surface area contributed by atoms with E-state index in [2.05, 4.69) is 17.0 Å². The van der Waals surface area contributed by atoms with Crippen molar-refractivity contribution < 1.29 is 9.53 Å². The van der Waals surface area contributed by atoms with Gasteiger partial charge in [0, 0.05) is 31.2 Å². The molecule has 28 heavy (non-hydrogen) atoms. The summed E-state index contributed by atoms with van der Waals surface area (Å²) in [6.07, 6.45) is -0.464. The van der Waals surface area contributed by atoms with Gasteiger partial charge in [0.15, 0.2) is 0 Å². The fourth-order valence-electron chi connectivity index (χ4n) is 3.29. The summed E-state index contributed by atoms with van der Waals surface area (Å²) >= 11 is 23.0. The molecule has 2 aromatic carbocycles. The quantitative estimate of drug-likeness (QED) is 0.559. The maximum absolute atomic E-state index is 12.2. The molecule has 1 fully saturated rings. The Labute approximate surface area is 184 Å². The standard InChI is InChI=1S/C20H20Cl4N2O2/c21-17-8-6-16(7-9-17)18(15-4-2-1-3-5-15)25-10-12-26(13-11-25)19(27)28-14-20(22,23)24/h1-9,18H,10-14H2/t18-/m1/s1. The Morgan fingerprint density at radius 3 is 2.07 bits per heavy atom. The second-order valence-electron chi connectivity index (χ2n) is 6.56. The van der Waals surface area contributed by atoms with Gasteiger partial charge >= 0.3 is 6.09 Å². The normalized spacial score (nSPS) is 16.6. The summed E-state index contributed by atoms with van der Waals surface area (Å²) in [5.41, 5.74) is 2.35. The summed E-state index contributed by atoms with van der Waals surface area (Å²) in [6.45, 7) is 2.20. The van der Waals surface area contributed by atoms with Crippen molar-refractivity contribution in [1.82, 2.24) is 9.80 Å². The van der Waals surface area contributed by atoms with Crippen LogP contribution in [0.1, 0.15) is 17.2 Å². The highest BCUT2D eigenvalue weighted by Crippen LogP contribution is 2.31. The van der Waals surface area contributed by atoms with E-state index in [-0.39, 0.29) is 12.6 Å². The van der Waals surface area contributed by atoms with Gasteiger partial charge in [0.05, 0.1) is 6.04 Å². The number of halogens is 4. The Morgan fingerprint density at radius 1 is 0.929 bits per heavy atom. The summed E-state index contributed by atoms with van der Waals surface area (Å²) in [7, 11) is 0. The van der Waals surface area contributed by atoms with Crippen LogP contribution in [0.3, 0.4) is 0 Å². The minimum atomic E-state index is -1.61. The Morgan fingerprint density at radius 2 is 1.50 bits per heavy atom. The molecule has 0 spiro atoms. The van der Waals surface area contributed by atoms with Crippen LogP contribution in [0.5, 0.6) is 0 Å². The lowest BCUT2D eigenvalue weighted by Crippen LogP contribution is -2.50. The van der Waals surface area contributed by atoms with Crippen molar-refractivity contribution in [2.24, 2.45) is 0 Å². The van der Waals surface area contributed by atoms with Crippen molar-refractivity contribution in [2.45, 2.75) is 9.83 Å². The molecule has 8 heteroatoms. The summed E-state index contributed by atoms with van der Waals surface area (Å²) < 4.78 is 3.48. The molecule has 0 aromatic heterocycles. The van der Waals surface area contributed by atoms with Crippen LogP contribution < -0.4 is 0 Å². The number of carbonyl (C=O) groups excluding carboxylic acids is 1. The van der Waals surface area contributed by atoms with Crippen LogP contribution >= 0.6 is 46.4 Å². The zero-order chi connectivity index (χ0) is 20.1. The van der Waals surface area contributed by atoms with E-state index in [1.165, 1.54) is 5.56 Å². The van der Waals surface area contributed by atoms with E-state index in [9.17, 15) is 4.79 Å². The maximum atomic E-state index is 12.2. The molecule has 150 valence electrons. The van der Waals surface area contributed by atoms with E-state index in [4.69, 9.17) is 51.1 Å². The molecule has 1 aliphatic rings. The lowest BCUT2D eigenvalue weighted by molar-refractivity contribution is 0.0696. The van der Waals surface area contributed by atoms with Crippen molar-refractivity contribution in [3.63, 3.8) is 0 Å². The van der Waals surface area contributed by atoms with E-state index < -0.39 is 9.89 Å². The molecule has 1 atom stereocenters. The van der Waals surface area contributed by atoms with E-state index in [0.717, 1.165) is 5.56 Å². The van der Waals surface area contributed by atoms with Crippen LogP contribution in [0.4, 0.5) is 4.79 Å². The average molecular weight is 462 g/mol. The van der Waals surface area contributed by atoms with Crippen molar-refractivity contribution in [3.05, 3.63) is 70.7 Å². The second kappa shape index (κ2) is 9.55. The van der Waals surface area contributed by atoms with Gasteiger partial charge in [-0.3, -0.25) is 4.90 Å². The number of amides is 1. The van der Waals surface area contributed by atoms with Crippen molar-refractivity contribution in [2.75, 3.05) is 32.8 Å². The number of carbonyl (C=O) groups is 1. The molecule has 2 aromatic rings. The number of hydrogen-bond acceptors (Lipinski definition) is 3. The number of alkyl halides is 3. The first-order valence-corrected chi connectivity index (χ1v) is 10.4. The molecular formula is C20H20Cl4N2O2. The van der Waals surface area contributed by atoms with E-state index in [0.29, 0.717) is 31.2 Å². The third kappa shape index (κ3) is 5.91. The van der Waals surface area contributed by atoms with Crippen LogP contribution in [0.15, 0.2) is 54.6 Å². The Bertz CT molecular complexity index is 773. The van der Waals surface area contributed by atoms with Crippen LogP contribution in [-0.4, -0.2) is 52.5 Å². The predicted octanol–water partition coefficient (Wildman–Crippen LogP) is 5.55. The Hall–Kier alpha value is -1.17. The van der Waals surface area contributed by atoms with Gasteiger partial charge in [0.1, 0.15) is 6.61 Å². The van der Waals surface area contributed by atoms with E-state index in [1.807, 2.05) is 42.5 Å².